The van der Waals surface area contributed by atoms with E-state index in [1.54, 1.807) is 0 Å². The van der Waals surface area contributed by atoms with Crippen LogP contribution in [0.2, 0.25) is 0 Å². The van der Waals surface area contributed by atoms with E-state index in [-0.39, 0.29) is 0 Å². The number of aromatic nitrogens is 3. The third kappa shape index (κ3) is 5.31. The number of nitrogens with zero attached hydrogens (tertiary/aromatic N) is 3. The van der Waals surface area contributed by atoms with Gasteiger partial charge in [-0.05, 0) is 86.3 Å². The molecule has 0 fully saturated rings. The molecule has 10 rings (SSSR count). The van der Waals surface area contributed by atoms with Gasteiger partial charge in [-0.2, -0.15) is 0 Å². The van der Waals surface area contributed by atoms with Gasteiger partial charge in [0.05, 0.1) is 0 Å². The maximum atomic E-state index is 6.21. The second-order valence-corrected chi connectivity index (χ2v) is 12.9. The second-order valence-electron chi connectivity index (χ2n) is 12.9. The molecule has 0 saturated carbocycles. The van der Waals surface area contributed by atoms with Crippen LogP contribution in [0, 0.1) is 0 Å². The molecule has 4 nitrogen and oxygen atoms in total. The summed E-state index contributed by atoms with van der Waals surface area (Å²) < 4.78 is 6.21. The van der Waals surface area contributed by atoms with E-state index in [1.807, 2.05) is 54.6 Å². The first kappa shape index (κ1) is 29.0. The van der Waals surface area contributed by atoms with Crippen molar-refractivity contribution in [2.45, 2.75) is 0 Å². The summed E-state index contributed by atoms with van der Waals surface area (Å²) >= 11 is 0. The number of hydrogen-bond donors (Lipinski definition) is 0. The quantitative estimate of drug-likeness (QED) is 0.186. The number of benzene rings is 8. The molecule has 2 aromatic heterocycles. The van der Waals surface area contributed by atoms with Crippen LogP contribution in [-0.2, 0) is 0 Å². The van der Waals surface area contributed by atoms with Crippen molar-refractivity contribution in [2.24, 2.45) is 0 Å². The average Bonchev–Trinajstić information content (AvgIpc) is 3.58. The third-order valence-electron chi connectivity index (χ3n) is 9.68. The molecule has 10 aromatic rings. The summed E-state index contributed by atoms with van der Waals surface area (Å²) in [5.41, 5.74) is 9.18. The van der Waals surface area contributed by atoms with E-state index in [4.69, 9.17) is 19.4 Å². The lowest BCUT2D eigenvalue weighted by molar-refractivity contribution is 0.669. The van der Waals surface area contributed by atoms with Crippen LogP contribution in [-0.4, -0.2) is 15.0 Å². The smallest absolute Gasteiger partial charge is 0.164 e. The molecular formula is C47H29N3O. The summed E-state index contributed by atoms with van der Waals surface area (Å²) in [5.74, 6) is 1.85. The Kier molecular flexibility index (Phi) is 6.78. The molecule has 51 heavy (non-hydrogen) atoms. The third-order valence-corrected chi connectivity index (χ3v) is 9.68. The molecule has 238 valence electrons. The van der Waals surface area contributed by atoms with Gasteiger partial charge in [0.25, 0.3) is 0 Å². The van der Waals surface area contributed by atoms with Gasteiger partial charge in [0.2, 0.25) is 0 Å². The van der Waals surface area contributed by atoms with Gasteiger partial charge in [0.1, 0.15) is 11.2 Å². The minimum Gasteiger partial charge on any atom is -0.456 e. The molecule has 0 radical (unpaired) electrons. The molecule has 0 aliphatic heterocycles. The lowest BCUT2D eigenvalue weighted by atomic mass is 9.95. The largest absolute Gasteiger partial charge is 0.456 e. The summed E-state index contributed by atoms with van der Waals surface area (Å²) in [7, 11) is 0. The van der Waals surface area contributed by atoms with Crippen molar-refractivity contribution >= 4 is 43.5 Å². The molecule has 0 spiro atoms. The van der Waals surface area contributed by atoms with E-state index in [0.29, 0.717) is 17.5 Å². The maximum absolute atomic E-state index is 6.21. The molecule has 2 heterocycles. The van der Waals surface area contributed by atoms with Crippen molar-refractivity contribution < 1.29 is 4.42 Å². The highest BCUT2D eigenvalue weighted by atomic mass is 16.3. The molecule has 0 aliphatic carbocycles. The summed E-state index contributed by atoms with van der Waals surface area (Å²) in [6.45, 7) is 0. The van der Waals surface area contributed by atoms with Gasteiger partial charge in [0, 0.05) is 27.5 Å². The number of hydrogen-bond acceptors (Lipinski definition) is 4. The number of fused-ring (bicyclic) bond motifs is 5. The van der Waals surface area contributed by atoms with Crippen LogP contribution in [0.25, 0.3) is 99.9 Å². The molecule has 0 amide bonds. The highest BCUT2D eigenvalue weighted by Gasteiger charge is 2.15. The van der Waals surface area contributed by atoms with Crippen LogP contribution in [0.4, 0.5) is 0 Å². The Morgan fingerprint density at radius 3 is 1.49 bits per heavy atom. The van der Waals surface area contributed by atoms with E-state index >= 15 is 0 Å². The Balaban J connectivity index is 1.03. The lowest BCUT2D eigenvalue weighted by Gasteiger charge is -2.10. The van der Waals surface area contributed by atoms with Crippen LogP contribution in [0.15, 0.2) is 180 Å². The highest BCUT2D eigenvalue weighted by Crippen LogP contribution is 2.34. The van der Waals surface area contributed by atoms with E-state index in [9.17, 15) is 0 Å². The fourth-order valence-corrected chi connectivity index (χ4v) is 7.03. The van der Waals surface area contributed by atoms with E-state index in [2.05, 4.69) is 121 Å². The number of rotatable bonds is 5. The average molecular weight is 652 g/mol. The van der Waals surface area contributed by atoms with E-state index in [1.165, 1.54) is 33.0 Å². The van der Waals surface area contributed by atoms with Crippen LogP contribution in [0.1, 0.15) is 0 Å². The number of furan rings is 1. The zero-order chi connectivity index (χ0) is 33.7. The minimum atomic E-state index is 0.600. The lowest BCUT2D eigenvalue weighted by Crippen LogP contribution is -2.00. The summed E-state index contributed by atoms with van der Waals surface area (Å²) in [4.78, 5) is 15.0. The monoisotopic (exact) mass is 651 g/mol. The first-order valence-electron chi connectivity index (χ1n) is 17.1. The van der Waals surface area contributed by atoms with Crippen molar-refractivity contribution in [2.75, 3.05) is 0 Å². The molecule has 0 bridgehead atoms. The Hall–Kier alpha value is -6.91. The van der Waals surface area contributed by atoms with Crippen LogP contribution >= 0.6 is 0 Å². The van der Waals surface area contributed by atoms with Gasteiger partial charge in [-0.3, -0.25) is 0 Å². The van der Waals surface area contributed by atoms with Gasteiger partial charge in [0.15, 0.2) is 17.5 Å². The van der Waals surface area contributed by atoms with Crippen LogP contribution < -0.4 is 0 Å². The normalized spacial score (nSPS) is 11.5. The molecular weight excluding hydrogens is 623 g/mol. The van der Waals surface area contributed by atoms with Gasteiger partial charge < -0.3 is 4.42 Å². The predicted octanol–water partition coefficient (Wildman–Crippen LogP) is 12.4. The van der Waals surface area contributed by atoms with Crippen molar-refractivity contribution in [3.63, 3.8) is 0 Å². The Morgan fingerprint density at radius 1 is 0.275 bits per heavy atom. The molecule has 0 N–H and O–H groups in total. The minimum absolute atomic E-state index is 0.600. The summed E-state index contributed by atoms with van der Waals surface area (Å²) in [5, 5.41) is 6.93. The molecule has 4 heteroatoms. The zero-order valence-electron chi connectivity index (χ0n) is 27.5. The Morgan fingerprint density at radius 2 is 0.745 bits per heavy atom. The second kappa shape index (κ2) is 11.9. The molecule has 8 aromatic carbocycles. The van der Waals surface area contributed by atoms with Crippen molar-refractivity contribution in [3.05, 3.63) is 176 Å². The fraction of sp³-hybridized carbons (Fsp3) is 0. The first-order valence-corrected chi connectivity index (χ1v) is 17.1. The van der Waals surface area contributed by atoms with Gasteiger partial charge in [-0.25, -0.2) is 15.0 Å². The highest BCUT2D eigenvalue weighted by molar-refractivity contribution is 6.05. The molecule has 0 atom stereocenters. The van der Waals surface area contributed by atoms with Crippen LogP contribution in [0.3, 0.4) is 0 Å². The van der Waals surface area contributed by atoms with Crippen molar-refractivity contribution in [1.82, 2.24) is 15.0 Å². The summed E-state index contributed by atoms with van der Waals surface area (Å²) in [6, 6.07) is 61.4. The zero-order valence-corrected chi connectivity index (χ0v) is 27.5. The maximum Gasteiger partial charge on any atom is 0.164 e. The Labute approximate surface area is 294 Å². The predicted molar refractivity (Wildman–Crippen MR) is 209 cm³/mol. The SMILES string of the molecule is c1ccc(-c2nc(-c3ccc4cc(-c5cccc(-c6ccc7ccccc7c6)c5)ccc4c3)nc(-c3ccc4c(c3)oc3ccccc34)n2)cc1. The van der Waals surface area contributed by atoms with Crippen molar-refractivity contribution in [3.8, 4) is 56.4 Å². The number of para-hydroxylation sites is 1. The van der Waals surface area contributed by atoms with E-state index in [0.717, 1.165) is 49.4 Å². The first-order chi connectivity index (χ1) is 25.2. The molecule has 0 saturated heterocycles. The Bertz CT molecular complexity index is 2930. The van der Waals surface area contributed by atoms with Gasteiger partial charge in [-0.1, -0.05) is 133 Å². The standard InChI is InChI=1S/C47H29N3O/c1-2-10-31(11-3-1)45-48-46(50-47(49-45)40-23-24-42-41-15-6-7-16-43(41)51-44(42)29-40)39-22-21-37-27-36(19-20-38(37)28-39)34-14-8-13-33(26-34)35-18-17-30-9-4-5-12-32(30)25-35/h1-29H. The van der Waals surface area contributed by atoms with Crippen molar-refractivity contribution in [1.29, 1.82) is 0 Å². The molecule has 0 unspecified atom stereocenters. The van der Waals surface area contributed by atoms with Gasteiger partial charge in [-0.15, -0.1) is 0 Å². The topological polar surface area (TPSA) is 51.8 Å². The van der Waals surface area contributed by atoms with Crippen LogP contribution in [0.5, 0.6) is 0 Å². The fourth-order valence-electron chi connectivity index (χ4n) is 7.03. The van der Waals surface area contributed by atoms with E-state index < -0.39 is 0 Å². The van der Waals surface area contributed by atoms with Gasteiger partial charge >= 0.3 is 0 Å². The molecule has 0 aliphatic rings. The summed E-state index contributed by atoms with van der Waals surface area (Å²) in [6.07, 6.45) is 0.